The van der Waals surface area contributed by atoms with Gasteiger partial charge in [-0.3, -0.25) is 32.9 Å². The second-order valence-corrected chi connectivity index (χ2v) is 20.1. The lowest BCUT2D eigenvalue weighted by Crippen LogP contribution is -2.46. The number of phosphoric acid groups is 3. The maximum absolute atomic E-state index is 12.6. The van der Waals surface area contributed by atoms with Crippen LogP contribution in [0.4, 0.5) is 5.82 Å². The van der Waals surface area contributed by atoms with Gasteiger partial charge in [-0.2, -0.15) is 0 Å². The largest absolute Gasteiger partial charge is 0.790 e. The van der Waals surface area contributed by atoms with Gasteiger partial charge in [-0.1, -0.05) is 51.3 Å². The van der Waals surface area contributed by atoms with E-state index in [1.54, 1.807) is 0 Å². The molecule has 27 nitrogen and oxygen atoms in total. The average molecular weight is 989 g/mol. The van der Waals surface area contributed by atoms with Gasteiger partial charge in [-0.15, -0.1) is 0 Å². The van der Waals surface area contributed by atoms with Crippen LogP contribution in [0, 0.1) is 5.41 Å². The Hall–Kier alpha value is -3.30. The third-order valence-electron chi connectivity index (χ3n) is 9.17. The number of nitrogens with one attached hydrogen (secondary N) is 2. The van der Waals surface area contributed by atoms with Crippen molar-refractivity contribution in [1.82, 2.24) is 30.2 Å². The summed E-state index contributed by atoms with van der Waals surface area (Å²) in [5.74, 6) is -2.79. The summed E-state index contributed by atoms with van der Waals surface area (Å²) in [5.41, 5.74) is 4.00. The number of aliphatic hydroxyl groups is 2. The molecule has 6 N–H and O–H groups in total. The van der Waals surface area contributed by atoms with Gasteiger partial charge >= 0.3 is 0 Å². The molecule has 1 saturated heterocycles. The number of anilines is 1. The summed E-state index contributed by atoms with van der Waals surface area (Å²) < 4.78 is 60.6. The molecule has 31 heteroatoms. The Labute approximate surface area is 370 Å². The molecule has 1 aliphatic heterocycles. The molecule has 64 heavy (non-hydrogen) atoms. The smallest absolute Gasteiger partial charge is 0.274 e. The molecule has 0 aliphatic carbocycles. The van der Waals surface area contributed by atoms with Gasteiger partial charge in [-0.05, 0) is 19.3 Å². The maximum atomic E-state index is 12.6. The number of fused-ring (bicyclic) bond motifs is 1. The molecule has 7 atom stereocenters. The van der Waals surface area contributed by atoms with Gasteiger partial charge in [0.25, 0.3) is 15.6 Å². The number of phosphoric ester groups is 3. The van der Waals surface area contributed by atoms with E-state index in [0.29, 0.717) is 12.8 Å². The minimum Gasteiger partial charge on any atom is -0.790 e. The van der Waals surface area contributed by atoms with Crippen molar-refractivity contribution in [3.05, 3.63) is 12.7 Å². The summed E-state index contributed by atoms with van der Waals surface area (Å²) in [7, 11) is -17.7. The number of carboxylic acid groups (broad SMARTS) is 1. The van der Waals surface area contributed by atoms with Crippen molar-refractivity contribution in [2.24, 2.45) is 5.41 Å². The minimum atomic E-state index is -5.94. The van der Waals surface area contributed by atoms with Gasteiger partial charge < -0.3 is 78.9 Å². The first-order valence-electron chi connectivity index (χ1n) is 19.5. The Balaban J connectivity index is 1.37. The molecule has 1 aliphatic rings. The maximum Gasteiger partial charge on any atom is 0.274 e. The molecule has 0 aromatic carbocycles. The third-order valence-corrected chi connectivity index (χ3v) is 13.1. The predicted molar refractivity (Wildman–Crippen MR) is 210 cm³/mol. The number of hydrogen-bond acceptors (Lipinski definition) is 25. The number of carboxylic acids is 1. The molecular weight excluding hydrogens is 939 g/mol. The fourth-order valence-electron chi connectivity index (χ4n) is 5.87. The van der Waals surface area contributed by atoms with E-state index in [9.17, 15) is 72.6 Å². The van der Waals surface area contributed by atoms with Crippen molar-refractivity contribution in [2.45, 2.75) is 109 Å². The molecule has 3 heterocycles. The Bertz CT molecular complexity index is 2070. The van der Waals surface area contributed by atoms with Crippen molar-refractivity contribution in [3.63, 3.8) is 0 Å². The second-order valence-electron chi connectivity index (χ2n) is 14.9. The molecule has 362 valence electrons. The first-order chi connectivity index (χ1) is 29.8. The molecule has 3 rings (SSSR count). The molecule has 2 unspecified atom stereocenters. The minimum absolute atomic E-state index is 0.0217. The van der Waals surface area contributed by atoms with Crippen molar-refractivity contribution < 1.29 is 95.2 Å². The first kappa shape index (κ1) is 55.0. The highest BCUT2D eigenvalue weighted by Gasteiger charge is 2.47. The molecule has 0 saturated carbocycles. The molecule has 0 bridgehead atoms. The number of thioether (sulfide) groups is 1. The topological polar surface area (TPSA) is 432 Å². The van der Waals surface area contributed by atoms with Crippen LogP contribution in [-0.4, -0.2) is 115 Å². The number of unbranched alkanes of at least 4 members (excludes halogenated alkanes) is 5. The highest BCUT2D eigenvalue weighted by Crippen LogP contribution is 2.56. The van der Waals surface area contributed by atoms with Crippen LogP contribution in [0.15, 0.2) is 12.7 Å². The lowest BCUT2D eigenvalue weighted by Gasteiger charge is -2.36. The number of aromatic nitrogens is 4. The summed E-state index contributed by atoms with van der Waals surface area (Å²) in [5, 5.41) is 36.2. The van der Waals surface area contributed by atoms with E-state index in [2.05, 4.69) is 43.5 Å². The number of ether oxygens (including phenoxy) is 1. The lowest BCUT2D eigenvalue weighted by atomic mass is 9.87. The SMILES string of the molecule is CC(C)(COP(=O)([O-])OP(=O)([O-])OC[C@H]1O[C@@H](n2cnc3c(N)ncnc32)[C@H](O)[C@@H]1OP(=O)([O-])[O-])[C@@H](O)C(=O)NCCC(=O)NCCSC(=O)CC(=O)CCCCCCCCC(=O)[O-]. The normalized spacial score (nSPS) is 20.3. The van der Waals surface area contributed by atoms with Crippen molar-refractivity contribution in [3.8, 4) is 0 Å². The number of hydrogen-bond donors (Lipinski definition) is 5. The van der Waals surface area contributed by atoms with Gasteiger partial charge in [0.2, 0.25) is 11.8 Å². The molecule has 1 fully saturated rings. The zero-order valence-electron chi connectivity index (χ0n) is 34.5. The van der Waals surface area contributed by atoms with Crippen LogP contribution in [0.2, 0.25) is 0 Å². The van der Waals surface area contributed by atoms with Crippen LogP contribution < -0.4 is 41.0 Å². The van der Waals surface area contributed by atoms with E-state index in [1.807, 2.05) is 0 Å². The summed E-state index contributed by atoms with van der Waals surface area (Å²) in [6.45, 7) is -0.191. The van der Waals surface area contributed by atoms with Crippen LogP contribution in [0.25, 0.3) is 11.2 Å². The Morgan fingerprint density at radius 1 is 0.938 bits per heavy atom. The number of nitrogens with zero attached hydrogens (tertiary/aromatic N) is 4. The molecular formula is C33H49N7O20P3S-5. The molecule has 0 radical (unpaired) electrons. The standard InChI is InChI=1S/C33H54N7O20P3S/c1-33(2,28(47)31(48)36-12-11-22(42)35-13-14-64-24(45)15-20(41)9-7-5-3-4-6-8-10-23(43)44)17-57-63(54,55)60-62(52,53)56-16-21-27(59-61(49,50)51)26(46)32(58-21)40-19-39-25-29(34)37-18-38-30(25)40/h18-19,21,26-28,32,46-47H,3-17H2,1-2H3,(H,35,42)(H,36,48)(H,43,44)(H,52,53)(H,54,55)(H2,34,37,38)(H2,49,50,51)/p-5/t21-,26-,27-,28+,32-/m1/s1. The van der Waals surface area contributed by atoms with Gasteiger partial charge in [0.1, 0.15) is 42.0 Å². The summed E-state index contributed by atoms with van der Waals surface area (Å²) in [6, 6.07) is 0. The lowest BCUT2D eigenvalue weighted by molar-refractivity contribution is -0.347. The number of nitrogen functional groups attached to an aromatic ring is 1. The third kappa shape index (κ3) is 18.9. The van der Waals surface area contributed by atoms with Crippen LogP contribution in [0.3, 0.4) is 0 Å². The van der Waals surface area contributed by atoms with E-state index in [1.165, 1.54) is 13.8 Å². The quantitative estimate of drug-likeness (QED) is 0.0295. The Morgan fingerprint density at radius 3 is 2.23 bits per heavy atom. The summed E-state index contributed by atoms with van der Waals surface area (Å²) in [4.78, 5) is 119. The van der Waals surface area contributed by atoms with Crippen molar-refractivity contribution >= 4 is 80.9 Å². The number of amides is 2. The monoisotopic (exact) mass is 988 g/mol. The van der Waals surface area contributed by atoms with Crippen molar-refractivity contribution in [2.75, 3.05) is 37.8 Å². The zero-order chi connectivity index (χ0) is 47.9. The van der Waals surface area contributed by atoms with Crippen LogP contribution in [0.5, 0.6) is 0 Å². The molecule has 2 aromatic rings. The number of nitrogens with two attached hydrogens (primary N) is 1. The van der Waals surface area contributed by atoms with Gasteiger partial charge in [0.05, 0.1) is 33.8 Å². The average Bonchev–Trinajstić information content (AvgIpc) is 3.75. The first-order valence-corrected chi connectivity index (χ1v) is 24.9. The molecule has 2 amide bonds. The molecule has 2 aromatic heterocycles. The Morgan fingerprint density at radius 2 is 1.58 bits per heavy atom. The van der Waals surface area contributed by atoms with E-state index in [-0.39, 0.29) is 72.4 Å². The van der Waals surface area contributed by atoms with E-state index in [0.717, 1.165) is 54.7 Å². The zero-order valence-corrected chi connectivity index (χ0v) is 38.0. The van der Waals surface area contributed by atoms with E-state index in [4.69, 9.17) is 10.5 Å². The van der Waals surface area contributed by atoms with Gasteiger partial charge in [-0.25, -0.2) is 19.3 Å². The number of aliphatic carboxylic acids is 1. The number of carbonyl (C=O) groups excluding carboxylic acids is 5. The van der Waals surface area contributed by atoms with E-state index >= 15 is 0 Å². The van der Waals surface area contributed by atoms with Crippen LogP contribution in [0.1, 0.15) is 84.3 Å². The number of rotatable bonds is 30. The van der Waals surface area contributed by atoms with Crippen LogP contribution >= 0.6 is 35.2 Å². The Kier molecular flexibility index (Phi) is 21.5. The molecule has 0 spiro atoms. The number of carbonyl (C=O) groups is 5. The fraction of sp³-hybridized carbons (Fsp3) is 0.697. The highest BCUT2D eigenvalue weighted by atomic mass is 32.2. The summed E-state index contributed by atoms with van der Waals surface area (Å²) in [6.07, 6.45) is -3.38. The van der Waals surface area contributed by atoms with Crippen LogP contribution in [-0.2, 0) is 60.3 Å². The van der Waals surface area contributed by atoms with Gasteiger partial charge in [0, 0.05) is 43.1 Å². The highest BCUT2D eigenvalue weighted by molar-refractivity contribution is 8.13. The van der Waals surface area contributed by atoms with Crippen molar-refractivity contribution in [1.29, 1.82) is 0 Å². The van der Waals surface area contributed by atoms with Gasteiger partial charge in [0.15, 0.2) is 22.8 Å². The number of ketones is 1. The number of aliphatic hydroxyl groups excluding tert-OH is 2. The fourth-order valence-corrected chi connectivity index (χ4v) is 9.30. The number of Topliss-reactive ketones (excluding diaryl/α,β-unsaturated/α-hetero) is 1. The summed E-state index contributed by atoms with van der Waals surface area (Å²) >= 11 is 0.868. The second kappa shape index (κ2) is 25.0. The van der Waals surface area contributed by atoms with E-state index < -0.39 is 90.5 Å². The number of imidazole rings is 1. The predicted octanol–water partition coefficient (Wildman–Crippen LogP) is -3.03.